The highest BCUT2D eigenvalue weighted by molar-refractivity contribution is 6.09. The number of nitrogens with zero attached hydrogens (tertiary/aromatic N) is 2. The van der Waals surface area contributed by atoms with Gasteiger partial charge in [0.15, 0.2) is 0 Å². The van der Waals surface area contributed by atoms with Gasteiger partial charge in [-0.25, -0.2) is 4.79 Å². The van der Waals surface area contributed by atoms with Crippen LogP contribution in [0.3, 0.4) is 0 Å². The molecule has 0 aromatic rings. The van der Waals surface area contributed by atoms with Crippen molar-refractivity contribution in [3.05, 3.63) is 0 Å². The fourth-order valence-electron chi connectivity index (χ4n) is 3.92. The van der Waals surface area contributed by atoms with Gasteiger partial charge in [-0.05, 0) is 32.6 Å². The maximum atomic E-state index is 12.9. The third-order valence-corrected chi connectivity index (χ3v) is 5.40. The van der Waals surface area contributed by atoms with E-state index in [4.69, 9.17) is 0 Å². The Morgan fingerprint density at radius 3 is 2.35 bits per heavy atom. The van der Waals surface area contributed by atoms with E-state index in [0.717, 1.165) is 43.4 Å². The summed E-state index contributed by atoms with van der Waals surface area (Å²) >= 11 is 0. The Kier molecular flexibility index (Phi) is 4.60. The van der Waals surface area contributed by atoms with Crippen LogP contribution in [0.5, 0.6) is 0 Å². The minimum absolute atomic E-state index is 0.110. The van der Waals surface area contributed by atoms with Crippen LogP contribution in [-0.4, -0.2) is 52.3 Å². The number of amides is 4. The normalized spacial score (nSPS) is 24.3. The molecule has 0 radical (unpaired) electrons. The summed E-state index contributed by atoms with van der Waals surface area (Å²) in [5.74, 6) is -0.300. The molecule has 2 aliphatic carbocycles. The Bertz CT molecular complexity index is 493. The predicted molar refractivity (Wildman–Crippen MR) is 85.7 cm³/mol. The van der Waals surface area contributed by atoms with Crippen molar-refractivity contribution in [2.24, 2.45) is 0 Å². The number of imide groups is 1. The van der Waals surface area contributed by atoms with E-state index in [0.29, 0.717) is 25.4 Å². The van der Waals surface area contributed by atoms with Crippen molar-refractivity contribution in [1.29, 1.82) is 0 Å². The molecule has 3 aliphatic rings. The first-order valence-electron chi connectivity index (χ1n) is 9.01. The van der Waals surface area contributed by atoms with Crippen LogP contribution in [0.25, 0.3) is 0 Å². The molecule has 0 aromatic carbocycles. The second-order valence-electron chi connectivity index (χ2n) is 7.08. The average Bonchev–Trinajstić information content (AvgIpc) is 3.29. The molecule has 23 heavy (non-hydrogen) atoms. The van der Waals surface area contributed by atoms with Gasteiger partial charge in [-0.1, -0.05) is 32.1 Å². The van der Waals surface area contributed by atoms with Crippen LogP contribution < -0.4 is 5.32 Å². The number of hydrogen-bond donors (Lipinski definition) is 1. The molecular formula is C17H27N3O3. The smallest absolute Gasteiger partial charge is 0.325 e. The molecular weight excluding hydrogens is 294 g/mol. The lowest BCUT2D eigenvalue weighted by atomic mass is 9.84. The molecule has 1 spiro atoms. The van der Waals surface area contributed by atoms with Gasteiger partial charge < -0.3 is 10.2 Å². The Morgan fingerprint density at radius 1 is 1.17 bits per heavy atom. The molecule has 1 aliphatic heterocycles. The summed E-state index contributed by atoms with van der Waals surface area (Å²) in [5.41, 5.74) is -0.756. The molecule has 2 saturated carbocycles. The predicted octanol–water partition coefficient (Wildman–Crippen LogP) is 2.03. The number of carbonyl (C=O) groups is 3. The average molecular weight is 321 g/mol. The molecule has 0 atom stereocenters. The van der Waals surface area contributed by atoms with E-state index in [1.165, 1.54) is 6.42 Å². The van der Waals surface area contributed by atoms with E-state index in [9.17, 15) is 14.4 Å². The summed E-state index contributed by atoms with van der Waals surface area (Å²) < 4.78 is 0. The molecule has 3 rings (SSSR count). The van der Waals surface area contributed by atoms with Gasteiger partial charge in [-0.2, -0.15) is 0 Å². The number of rotatable bonds is 4. The third kappa shape index (κ3) is 3.21. The van der Waals surface area contributed by atoms with Crippen LogP contribution in [0.4, 0.5) is 4.79 Å². The fraction of sp³-hybridized carbons (Fsp3) is 0.824. The van der Waals surface area contributed by atoms with Crippen molar-refractivity contribution in [1.82, 2.24) is 15.1 Å². The molecule has 0 unspecified atom stereocenters. The summed E-state index contributed by atoms with van der Waals surface area (Å²) in [5, 5.41) is 2.91. The van der Waals surface area contributed by atoms with Crippen molar-refractivity contribution in [3.63, 3.8) is 0 Å². The van der Waals surface area contributed by atoms with Crippen LogP contribution in [0.1, 0.15) is 64.7 Å². The van der Waals surface area contributed by atoms with Gasteiger partial charge in [0.05, 0.1) is 0 Å². The molecule has 0 aromatic heterocycles. The zero-order valence-electron chi connectivity index (χ0n) is 14.0. The first-order chi connectivity index (χ1) is 11.1. The van der Waals surface area contributed by atoms with Crippen molar-refractivity contribution in [3.8, 4) is 0 Å². The van der Waals surface area contributed by atoms with Gasteiger partial charge in [0.25, 0.3) is 5.91 Å². The largest absolute Gasteiger partial charge is 0.338 e. The second kappa shape index (κ2) is 6.49. The Balaban J connectivity index is 1.69. The Hall–Kier alpha value is -1.59. The highest BCUT2D eigenvalue weighted by Gasteiger charge is 2.51. The van der Waals surface area contributed by atoms with E-state index < -0.39 is 11.6 Å². The number of urea groups is 1. The van der Waals surface area contributed by atoms with Gasteiger partial charge in [0.2, 0.25) is 5.91 Å². The second-order valence-corrected chi connectivity index (χ2v) is 7.08. The van der Waals surface area contributed by atoms with Crippen molar-refractivity contribution < 1.29 is 14.4 Å². The number of hydrogen-bond acceptors (Lipinski definition) is 3. The molecule has 6 heteroatoms. The molecule has 4 amide bonds. The van der Waals surface area contributed by atoms with Crippen LogP contribution >= 0.6 is 0 Å². The Morgan fingerprint density at radius 2 is 1.78 bits per heavy atom. The minimum atomic E-state index is -0.756. The monoisotopic (exact) mass is 321 g/mol. The number of carbonyl (C=O) groups excluding carboxylic acids is 3. The zero-order chi connectivity index (χ0) is 16.4. The SMILES string of the molecule is CCN(C(=O)CN1C(=O)NC2(CCCCCCC2)C1=O)C1CC1. The quantitative estimate of drug-likeness (QED) is 0.806. The van der Waals surface area contributed by atoms with E-state index in [1.807, 2.05) is 6.92 Å². The highest BCUT2D eigenvalue weighted by atomic mass is 16.2. The molecule has 0 bridgehead atoms. The van der Waals surface area contributed by atoms with Gasteiger partial charge in [-0.3, -0.25) is 14.5 Å². The lowest BCUT2D eigenvalue weighted by molar-refractivity contribution is -0.139. The number of likely N-dealkylation sites (N-methyl/N-ethyl adjacent to an activating group) is 1. The van der Waals surface area contributed by atoms with Gasteiger partial charge in [0.1, 0.15) is 12.1 Å². The lowest BCUT2D eigenvalue weighted by Gasteiger charge is -2.29. The summed E-state index contributed by atoms with van der Waals surface area (Å²) in [6, 6.07) is -0.0839. The molecule has 3 fully saturated rings. The standard InChI is InChI=1S/C17H27N3O3/c1-2-19(13-8-9-13)14(21)12-20-15(22)17(18-16(20)23)10-6-4-3-5-7-11-17/h13H,2-12H2,1H3,(H,18,23). The van der Waals surface area contributed by atoms with Crippen LogP contribution in [0.2, 0.25) is 0 Å². The van der Waals surface area contributed by atoms with Gasteiger partial charge >= 0.3 is 6.03 Å². The molecule has 6 nitrogen and oxygen atoms in total. The highest BCUT2D eigenvalue weighted by Crippen LogP contribution is 2.32. The molecule has 128 valence electrons. The van der Waals surface area contributed by atoms with Crippen LogP contribution in [0.15, 0.2) is 0 Å². The summed E-state index contributed by atoms with van der Waals surface area (Å²) in [7, 11) is 0. The third-order valence-electron chi connectivity index (χ3n) is 5.40. The van der Waals surface area contributed by atoms with Crippen LogP contribution in [0, 0.1) is 0 Å². The first kappa shape index (κ1) is 16.3. The molecule has 1 N–H and O–H groups in total. The Labute approximate surface area is 137 Å². The topological polar surface area (TPSA) is 69.7 Å². The van der Waals surface area contributed by atoms with Gasteiger partial charge in [0, 0.05) is 12.6 Å². The van der Waals surface area contributed by atoms with E-state index in [1.54, 1.807) is 4.90 Å². The first-order valence-corrected chi connectivity index (χ1v) is 9.01. The molecule has 1 heterocycles. The van der Waals surface area contributed by atoms with Crippen LogP contribution in [-0.2, 0) is 9.59 Å². The zero-order valence-corrected chi connectivity index (χ0v) is 14.0. The molecule has 1 saturated heterocycles. The van der Waals surface area contributed by atoms with E-state index >= 15 is 0 Å². The van der Waals surface area contributed by atoms with Gasteiger partial charge in [-0.15, -0.1) is 0 Å². The lowest BCUT2D eigenvalue weighted by Crippen LogP contribution is -2.48. The van der Waals surface area contributed by atoms with E-state index in [2.05, 4.69) is 5.32 Å². The van der Waals surface area contributed by atoms with Crippen molar-refractivity contribution in [2.75, 3.05) is 13.1 Å². The van der Waals surface area contributed by atoms with Crippen molar-refractivity contribution in [2.45, 2.75) is 76.3 Å². The summed E-state index contributed by atoms with van der Waals surface area (Å²) in [4.78, 5) is 40.6. The maximum Gasteiger partial charge on any atom is 0.325 e. The maximum absolute atomic E-state index is 12.9. The summed E-state index contributed by atoms with van der Waals surface area (Å²) in [6.45, 7) is 2.47. The number of nitrogens with one attached hydrogen (secondary N) is 1. The minimum Gasteiger partial charge on any atom is -0.338 e. The van der Waals surface area contributed by atoms with E-state index in [-0.39, 0.29) is 18.4 Å². The summed E-state index contributed by atoms with van der Waals surface area (Å²) in [6.07, 6.45) is 8.78. The van der Waals surface area contributed by atoms with Crippen molar-refractivity contribution >= 4 is 17.8 Å². The fourth-order valence-corrected chi connectivity index (χ4v) is 3.92.